The molecule has 0 aliphatic rings. The maximum Gasteiger partial charge on any atom is 0.271 e. The number of primary amides is 1. The van der Waals surface area contributed by atoms with Crippen LogP contribution in [-0.4, -0.2) is 20.8 Å². The molecule has 1 aromatic rings. The van der Waals surface area contributed by atoms with Gasteiger partial charge in [-0.2, -0.15) is 4.73 Å². The molecule has 10 heavy (non-hydrogen) atoms. The van der Waals surface area contributed by atoms with Crippen molar-refractivity contribution < 1.29 is 10.0 Å². The van der Waals surface area contributed by atoms with Crippen molar-refractivity contribution in [3.63, 3.8) is 0 Å². The SMILES string of the molecule is NC(=O)c1ncn(O)c1N. The summed E-state index contributed by atoms with van der Waals surface area (Å²) in [5.41, 5.74) is 9.85. The van der Waals surface area contributed by atoms with E-state index in [1.807, 2.05) is 0 Å². The highest BCUT2D eigenvalue weighted by molar-refractivity contribution is 5.95. The van der Waals surface area contributed by atoms with Crippen LogP contribution in [0.5, 0.6) is 0 Å². The number of hydrogen-bond donors (Lipinski definition) is 3. The summed E-state index contributed by atoms with van der Waals surface area (Å²) in [4.78, 5) is 13.8. The molecular formula is C4H6N4O2. The number of hydrogen-bond acceptors (Lipinski definition) is 4. The zero-order valence-corrected chi connectivity index (χ0v) is 4.98. The van der Waals surface area contributed by atoms with Gasteiger partial charge in [0.25, 0.3) is 5.91 Å². The number of rotatable bonds is 1. The number of imidazole rings is 1. The van der Waals surface area contributed by atoms with Crippen LogP contribution in [0.3, 0.4) is 0 Å². The van der Waals surface area contributed by atoms with E-state index >= 15 is 0 Å². The quantitative estimate of drug-likeness (QED) is 0.428. The lowest BCUT2D eigenvalue weighted by Gasteiger charge is -1.91. The molecule has 1 heterocycles. The maximum atomic E-state index is 10.4. The summed E-state index contributed by atoms with van der Waals surface area (Å²) >= 11 is 0. The third-order valence-electron chi connectivity index (χ3n) is 1.02. The highest BCUT2D eigenvalue weighted by atomic mass is 16.5. The first-order valence-corrected chi connectivity index (χ1v) is 2.45. The maximum absolute atomic E-state index is 10.4. The van der Waals surface area contributed by atoms with E-state index in [0.29, 0.717) is 4.73 Å². The van der Waals surface area contributed by atoms with Gasteiger partial charge in [-0.15, -0.1) is 0 Å². The van der Waals surface area contributed by atoms with E-state index in [-0.39, 0.29) is 11.5 Å². The van der Waals surface area contributed by atoms with Crippen molar-refractivity contribution >= 4 is 11.7 Å². The van der Waals surface area contributed by atoms with Crippen LogP contribution in [0, 0.1) is 0 Å². The molecule has 0 unspecified atom stereocenters. The molecule has 54 valence electrons. The van der Waals surface area contributed by atoms with Gasteiger partial charge in [0, 0.05) is 0 Å². The van der Waals surface area contributed by atoms with Crippen LogP contribution in [-0.2, 0) is 0 Å². The normalized spacial score (nSPS) is 9.60. The lowest BCUT2D eigenvalue weighted by Crippen LogP contribution is -2.14. The summed E-state index contributed by atoms with van der Waals surface area (Å²) in [6.07, 6.45) is 0.995. The fourth-order valence-electron chi connectivity index (χ4n) is 0.539. The smallest absolute Gasteiger partial charge is 0.271 e. The molecular weight excluding hydrogens is 136 g/mol. The third-order valence-corrected chi connectivity index (χ3v) is 1.02. The van der Waals surface area contributed by atoms with E-state index in [1.54, 1.807) is 0 Å². The van der Waals surface area contributed by atoms with Crippen LogP contribution in [0.15, 0.2) is 6.33 Å². The second kappa shape index (κ2) is 1.90. The summed E-state index contributed by atoms with van der Waals surface area (Å²) in [5, 5.41) is 8.71. The molecule has 1 aromatic heterocycles. The first kappa shape index (κ1) is 6.40. The first-order valence-electron chi connectivity index (χ1n) is 2.45. The van der Waals surface area contributed by atoms with Gasteiger partial charge in [-0.05, 0) is 0 Å². The van der Waals surface area contributed by atoms with Crippen molar-refractivity contribution in [2.75, 3.05) is 5.73 Å². The predicted molar refractivity (Wildman–Crippen MR) is 32.3 cm³/mol. The first-order chi connectivity index (χ1) is 4.63. The van der Waals surface area contributed by atoms with Crippen LogP contribution in [0.1, 0.15) is 10.5 Å². The van der Waals surface area contributed by atoms with Gasteiger partial charge in [0.1, 0.15) is 6.33 Å². The van der Waals surface area contributed by atoms with E-state index < -0.39 is 5.91 Å². The van der Waals surface area contributed by atoms with Crippen molar-refractivity contribution in [3.05, 3.63) is 12.0 Å². The monoisotopic (exact) mass is 142 g/mol. The summed E-state index contributed by atoms with van der Waals surface area (Å²) in [7, 11) is 0. The number of carbonyl (C=O) groups excluding carboxylic acids is 1. The van der Waals surface area contributed by atoms with Crippen molar-refractivity contribution in [1.29, 1.82) is 0 Å². The minimum atomic E-state index is -0.759. The number of aromatic nitrogens is 2. The van der Waals surface area contributed by atoms with Gasteiger partial charge in [0.05, 0.1) is 0 Å². The number of amides is 1. The van der Waals surface area contributed by atoms with Crippen molar-refractivity contribution in [2.45, 2.75) is 0 Å². The van der Waals surface area contributed by atoms with E-state index in [4.69, 9.17) is 16.7 Å². The highest BCUT2D eigenvalue weighted by Gasteiger charge is 2.10. The van der Waals surface area contributed by atoms with Crippen LogP contribution < -0.4 is 11.5 Å². The van der Waals surface area contributed by atoms with Crippen LogP contribution in [0.2, 0.25) is 0 Å². The molecule has 0 fully saturated rings. The molecule has 0 bridgehead atoms. The zero-order valence-electron chi connectivity index (χ0n) is 4.98. The number of nitrogens with two attached hydrogens (primary N) is 2. The molecule has 0 spiro atoms. The lowest BCUT2D eigenvalue weighted by molar-refractivity contribution is 0.0996. The van der Waals surface area contributed by atoms with Crippen molar-refractivity contribution in [3.8, 4) is 0 Å². The largest absolute Gasteiger partial charge is 0.425 e. The van der Waals surface area contributed by atoms with E-state index in [1.165, 1.54) is 0 Å². The second-order valence-corrected chi connectivity index (χ2v) is 1.69. The predicted octanol–water partition coefficient (Wildman–Crippen LogP) is -1.20. The van der Waals surface area contributed by atoms with Gasteiger partial charge in [-0.3, -0.25) is 4.79 Å². The molecule has 5 N–H and O–H groups in total. The Kier molecular flexibility index (Phi) is 1.22. The van der Waals surface area contributed by atoms with E-state index in [2.05, 4.69) is 4.98 Å². The van der Waals surface area contributed by atoms with Gasteiger partial charge in [-0.1, -0.05) is 0 Å². The van der Waals surface area contributed by atoms with Gasteiger partial charge in [0.2, 0.25) is 0 Å². The number of anilines is 1. The summed E-state index contributed by atoms with van der Waals surface area (Å²) in [6, 6.07) is 0. The van der Waals surface area contributed by atoms with Gasteiger partial charge < -0.3 is 16.7 Å². The molecule has 0 saturated heterocycles. The summed E-state index contributed by atoms with van der Waals surface area (Å²) < 4.78 is 0.528. The average molecular weight is 142 g/mol. The molecule has 0 aromatic carbocycles. The standard InChI is InChI=1S/C4H6N4O2/c5-3-2(4(6)9)7-1-8(3)10/h1,10H,5H2,(H2,6,9). The Bertz CT molecular complexity index is 266. The lowest BCUT2D eigenvalue weighted by atomic mass is 10.4. The molecule has 0 atom stereocenters. The molecule has 1 rings (SSSR count). The number of nitrogens with zero attached hydrogens (tertiary/aromatic N) is 2. The minimum absolute atomic E-state index is 0.123. The Hall–Kier alpha value is -1.72. The Morgan fingerprint density at radius 3 is 2.60 bits per heavy atom. The summed E-state index contributed by atoms with van der Waals surface area (Å²) in [5.74, 6) is -0.905. The Morgan fingerprint density at radius 2 is 2.40 bits per heavy atom. The fourth-order valence-corrected chi connectivity index (χ4v) is 0.539. The molecule has 1 amide bonds. The van der Waals surface area contributed by atoms with Crippen LogP contribution in [0.25, 0.3) is 0 Å². The molecule has 6 nitrogen and oxygen atoms in total. The average Bonchev–Trinajstić information content (AvgIpc) is 2.14. The van der Waals surface area contributed by atoms with Crippen molar-refractivity contribution in [1.82, 2.24) is 9.71 Å². The number of nitrogen functional groups attached to an aromatic ring is 1. The Balaban J connectivity index is 3.17. The Labute approximate surface area is 56.0 Å². The fraction of sp³-hybridized carbons (Fsp3) is 0. The third kappa shape index (κ3) is 0.750. The molecule has 0 aliphatic carbocycles. The highest BCUT2D eigenvalue weighted by Crippen LogP contribution is 2.04. The van der Waals surface area contributed by atoms with Crippen molar-refractivity contribution in [2.24, 2.45) is 5.73 Å². The molecule has 0 radical (unpaired) electrons. The van der Waals surface area contributed by atoms with Crippen LogP contribution in [0.4, 0.5) is 5.82 Å². The summed E-state index contributed by atoms with van der Waals surface area (Å²) in [6.45, 7) is 0. The van der Waals surface area contributed by atoms with Gasteiger partial charge >= 0.3 is 0 Å². The molecule has 0 aliphatic heterocycles. The van der Waals surface area contributed by atoms with E-state index in [9.17, 15) is 4.79 Å². The molecule has 6 heteroatoms. The zero-order chi connectivity index (χ0) is 7.72. The minimum Gasteiger partial charge on any atom is -0.425 e. The Morgan fingerprint density at radius 1 is 1.80 bits per heavy atom. The topological polar surface area (TPSA) is 107 Å². The van der Waals surface area contributed by atoms with E-state index in [0.717, 1.165) is 6.33 Å². The number of carbonyl (C=O) groups is 1. The van der Waals surface area contributed by atoms with Gasteiger partial charge in [0.15, 0.2) is 11.5 Å². The van der Waals surface area contributed by atoms with Crippen LogP contribution >= 0.6 is 0 Å². The second-order valence-electron chi connectivity index (χ2n) is 1.69. The van der Waals surface area contributed by atoms with Gasteiger partial charge in [-0.25, -0.2) is 4.98 Å². The molecule has 0 saturated carbocycles.